The molecule has 0 saturated carbocycles. The second-order valence-electron chi connectivity index (χ2n) is 5.84. The van der Waals surface area contributed by atoms with Crippen molar-refractivity contribution in [2.24, 2.45) is 0 Å². The van der Waals surface area contributed by atoms with Gasteiger partial charge in [-0.2, -0.15) is 0 Å². The van der Waals surface area contributed by atoms with Crippen LogP contribution in [0.5, 0.6) is 5.75 Å². The van der Waals surface area contributed by atoms with Gasteiger partial charge < -0.3 is 19.5 Å². The summed E-state index contributed by atoms with van der Waals surface area (Å²) < 4.78 is 10.6. The summed E-state index contributed by atoms with van der Waals surface area (Å²) in [6.07, 6.45) is 0.221. The Morgan fingerprint density at radius 3 is 2.48 bits per heavy atom. The third kappa shape index (κ3) is 5.49. The van der Waals surface area contributed by atoms with E-state index in [4.69, 9.17) is 14.6 Å². The number of piperazine rings is 1. The van der Waals surface area contributed by atoms with Crippen molar-refractivity contribution in [2.75, 3.05) is 46.9 Å². The van der Waals surface area contributed by atoms with E-state index in [1.54, 1.807) is 14.2 Å². The van der Waals surface area contributed by atoms with Crippen molar-refractivity contribution in [3.8, 4) is 5.75 Å². The van der Waals surface area contributed by atoms with Gasteiger partial charge in [-0.05, 0) is 17.7 Å². The van der Waals surface area contributed by atoms with E-state index in [-0.39, 0.29) is 6.42 Å². The lowest BCUT2D eigenvalue weighted by Gasteiger charge is -2.34. The molecule has 1 aromatic carbocycles. The molecule has 128 valence electrons. The number of methoxy groups -OCH3 is 2. The second-order valence-corrected chi connectivity index (χ2v) is 5.84. The molecule has 2 rings (SSSR count). The molecule has 6 nitrogen and oxygen atoms in total. The summed E-state index contributed by atoms with van der Waals surface area (Å²) >= 11 is 0. The number of benzene rings is 1. The number of aliphatic carboxylic acids is 1. The molecule has 1 heterocycles. The highest BCUT2D eigenvalue weighted by Crippen LogP contribution is 2.21. The molecule has 0 bridgehead atoms. The Balaban J connectivity index is 1.86. The van der Waals surface area contributed by atoms with Gasteiger partial charge >= 0.3 is 5.97 Å². The predicted octanol–water partition coefficient (Wildman–Crippen LogP) is 1.43. The van der Waals surface area contributed by atoms with Crippen molar-refractivity contribution in [1.82, 2.24) is 9.80 Å². The molecule has 0 aromatic heterocycles. The predicted molar refractivity (Wildman–Crippen MR) is 87.7 cm³/mol. The fraction of sp³-hybridized carbons (Fsp3) is 0.588. The minimum Gasteiger partial charge on any atom is -0.496 e. The number of carboxylic acids is 1. The van der Waals surface area contributed by atoms with Gasteiger partial charge in [0.25, 0.3) is 0 Å². The number of rotatable bonds is 8. The van der Waals surface area contributed by atoms with E-state index < -0.39 is 5.97 Å². The van der Waals surface area contributed by atoms with Gasteiger partial charge in [0.2, 0.25) is 0 Å². The summed E-state index contributed by atoms with van der Waals surface area (Å²) in [5.74, 6) is 0.130. The van der Waals surface area contributed by atoms with Gasteiger partial charge in [-0.3, -0.25) is 9.69 Å². The fourth-order valence-corrected chi connectivity index (χ4v) is 2.88. The molecule has 1 saturated heterocycles. The number of nitrogens with zero attached hydrogens (tertiary/aromatic N) is 2. The normalized spacial score (nSPS) is 16.4. The Kier molecular flexibility index (Phi) is 6.83. The summed E-state index contributed by atoms with van der Waals surface area (Å²) in [4.78, 5) is 15.2. The minimum atomic E-state index is -0.726. The largest absolute Gasteiger partial charge is 0.496 e. The summed E-state index contributed by atoms with van der Waals surface area (Å²) in [5, 5.41) is 8.75. The van der Waals surface area contributed by atoms with Crippen LogP contribution in [0.2, 0.25) is 0 Å². The molecule has 1 aliphatic rings. The highest BCUT2D eigenvalue weighted by Gasteiger charge is 2.17. The van der Waals surface area contributed by atoms with Crippen LogP contribution in [0.25, 0.3) is 0 Å². The number of ether oxygens (including phenoxy) is 2. The Bertz CT molecular complexity index is 513. The first-order chi connectivity index (χ1) is 11.1. The minimum absolute atomic E-state index is 0.221. The molecule has 0 atom stereocenters. The third-order valence-corrected chi connectivity index (χ3v) is 4.16. The van der Waals surface area contributed by atoms with Gasteiger partial charge in [-0.25, -0.2) is 0 Å². The van der Waals surface area contributed by atoms with E-state index in [0.29, 0.717) is 13.2 Å². The standard InChI is InChI=1S/C17H26N2O4/c1-22-13-15-11-14(3-4-16(15)23-2)12-19-9-7-18(8-10-19)6-5-17(20)21/h3-4,11H,5-10,12-13H2,1-2H3,(H,20,21). The third-order valence-electron chi connectivity index (χ3n) is 4.16. The smallest absolute Gasteiger partial charge is 0.304 e. The van der Waals surface area contributed by atoms with Crippen LogP contribution in [0.1, 0.15) is 17.5 Å². The average Bonchev–Trinajstić information content (AvgIpc) is 2.55. The van der Waals surface area contributed by atoms with Gasteiger partial charge in [0.05, 0.1) is 20.1 Å². The van der Waals surface area contributed by atoms with E-state index in [1.807, 2.05) is 6.07 Å². The number of carbonyl (C=O) groups is 1. The molecule has 0 spiro atoms. The first kappa shape index (κ1) is 17.7. The van der Waals surface area contributed by atoms with Crippen LogP contribution in [-0.4, -0.2) is 67.8 Å². The zero-order chi connectivity index (χ0) is 16.7. The maximum Gasteiger partial charge on any atom is 0.304 e. The van der Waals surface area contributed by atoms with Crippen molar-refractivity contribution in [3.05, 3.63) is 29.3 Å². The number of hydrogen-bond donors (Lipinski definition) is 1. The SMILES string of the molecule is COCc1cc(CN2CCN(CCC(=O)O)CC2)ccc1OC. The summed E-state index contributed by atoms with van der Waals surface area (Å²) in [6.45, 7) is 5.86. The molecule has 1 fully saturated rings. The van der Waals surface area contributed by atoms with Crippen LogP contribution >= 0.6 is 0 Å². The molecule has 0 unspecified atom stereocenters. The zero-order valence-corrected chi connectivity index (χ0v) is 14.0. The number of hydrogen-bond acceptors (Lipinski definition) is 5. The summed E-state index contributed by atoms with van der Waals surface area (Å²) in [7, 11) is 3.35. The maximum absolute atomic E-state index is 10.6. The van der Waals surface area contributed by atoms with Crippen molar-refractivity contribution in [2.45, 2.75) is 19.6 Å². The summed E-state index contributed by atoms with van der Waals surface area (Å²) in [6, 6.07) is 6.22. The van der Waals surface area contributed by atoms with Gasteiger partial charge in [0.15, 0.2) is 0 Å². The zero-order valence-electron chi connectivity index (χ0n) is 14.0. The van der Waals surface area contributed by atoms with Crippen LogP contribution in [0.4, 0.5) is 0 Å². The van der Waals surface area contributed by atoms with Crippen LogP contribution in [-0.2, 0) is 22.7 Å². The lowest BCUT2D eigenvalue weighted by Crippen LogP contribution is -2.46. The second kappa shape index (κ2) is 8.86. The molecule has 0 aliphatic carbocycles. The Morgan fingerprint density at radius 2 is 1.87 bits per heavy atom. The first-order valence-corrected chi connectivity index (χ1v) is 7.93. The van der Waals surface area contributed by atoms with Gasteiger partial charge in [0.1, 0.15) is 5.75 Å². The van der Waals surface area contributed by atoms with Crippen LogP contribution in [0.3, 0.4) is 0 Å². The fourth-order valence-electron chi connectivity index (χ4n) is 2.88. The van der Waals surface area contributed by atoms with E-state index in [2.05, 4.69) is 21.9 Å². The highest BCUT2D eigenvalue weighted by atomic mass is 16.5. The van der Waals surface area contributed by atoms with Gasteiger partial charge in [-0.15, -0.1) is 0 Å². The van der Waals surface area contributed by atoms with E-state index in [0.717, 1.165) is 44.0 Å². The van der Waals surface area contributed by atoms with E-state index >= 15 is 0 Å². The van der Waals surface area contributed by atoms with Crippen molar-refractivity contribution in [3.63, 3.8) is 0 Å². The molecule has 0 radical (unpaired) electrons. The van der Waals surface area contributed by atoms with Crippen LogP contribution < -0.4 is 4.74 Å². The van der Waals surface area contributed by atoms with Crippen molar-refractivity contribution < 1.29 is 19.4 Å². The molecular weight excluding hydrogens is 296 g/mol. The molecule has 1 aliphatic heterocycles. The van der Waals surface area contributed by atoms with Crippen molar-refractivity contribution in [1.29, 1.82) is 0 Å². The number of carboxylic acid groups (broad SMARTS) is 1. The van der Waals surface area contributed by atoms with E-state index in [1.165, 1.54) is 5.56 Å². The topological polar surface area (TPSA) is 62.2 Å². The Labute approximate surface area is 137 Å². The molecule has 1 aromatic rings. The Morgan fingerprint density at radius 1 is 1.17 bits per heavy atom. The lowest BCUT2D eigenvalue weighted by atomic mass is 10.1. The first-order valence-electron chi connectivity index (χ1n) is 7.93. The molecule has 0 amide bonds. The molecule has 23 heavy (non-hydrogen) atoms. The highest BCUT2D eigenvalue weighted by molar-refractivity contribution is 5.66. The van der Waals surface area contributed by atoms with E-state index in [9.17, 15) is 4.79 Å². The van der Waals surface area contributed by atoms with Crippen LogP contribution in [0.15, 0.2) is 18.2 Å². The summed E-state index contributed by atoms with van der Waals surface area (Å²) in [5.41, 5.74) is 2.31. The average molecular weight is 322 g/mol. The molecular formula is C17H26N2O4. The lowest BCUT2D eigenvalue weighted by molar-refractivity contribution is -0.137. The van der Waals surface area contributed by atoms with Gasteiger partial charge in [-0.1, -0.05) is 6.07 Å². The van der Waals surface area contributed by atoms with Crippen molar-refractivity contribution >= 4 is 5.97 Å². The molecule has 1 N–H and O–H groups in total. The Hall–Kier alpha value is -1.63. The monoisotopic (exact) mass is 322 g/mol. The van der Waals surface area contributed by atoms with Gasteiger partial charge in [0, 0.05) is 51.9 Å². The maximum atomic E-state index is 10.6. The van der Waals surface area contributed by atoms with Crippen LogP contribution in [0, 0.1) is 0 Å². The molecule has 6 heteroatoms. The quantitative estimate of drug-likeness (QED) is 0.781.